The summed E-state index contributed by atoms with van der Waals surface area (Å²) >= 11 is 17.1. The molecule has 12 heteroatoms. The van der Waals surface area contributed by atoms with Crippen LogP contribution >= 0.6 is 55.1 Å². The van der Waals surface area contributed by atoms with Crippen LogP contribution in [0.15, 0.2) is 21.1 Å². The van der Waals surface area contributed by atoms with E-state index >= 15 is 0 Å². The molecule has 8 N–H and O–H groups in total. The molecule has 0 aliphatic heterocycles. The predicted molar refractivity (Wildman–Crippen MR) is 104 cm³/mol. The van der Waals surface area contributed by atoms with Crippen molar-refractivity contribution in [2.24, 2.45) is 0 Å². The van der Waals surface area contributed by atoms with Crippen molar-refractivity contribution in [3.63, 3.8) is 0 Å². The minimum Gasteiger partial charge on any atom is -0.505 e. The van der Waals surface area contributed by atoms with E-state index in [-0.39, 0.29) is 38.3 Å². The minimum atomic E-state index is -1.27. The number of aromatic hydroxyl groups is 2. The summed E-state index contributed by atoms with van der Waals surface area (Å²) < 4.78 is 0.784. The lowest BCUT2D eigenvalue weighted by molar-refractivity contribution is 0.0687. The van der Waals surface area contributed by atoms with Crippen LogP contribution < -0.4 is 11.5 Å². The van der Waals surface area contributed by atoms with Gasteiger partial charge in [-0.15, -0.1) is 0 Å². The van der Waals surface area contributed by atoms with Gasteiger partial charge in [0.05, 0.1) is 32.0 Å². The molecule has 2 rings (SSSR count). The fourth-order valence-corrected chi connectivity index (χ4v) is 2.71. The van der Waals surface area contributed by atoms with Crippen LogP contribution in [0.25, 0.3) is 0 Å². The average Bonchev–Trinajstić information content (AvgIpc) is 2.57. The standard InChI is InChI=1S/C7H5Br2NO3.C7H5Cl2NO3/c2*8-3-1-2(7(12)13)5(10)6(11)4(3)9/h2*1,11H,10H2,(H,12,13). The molecule has 0 bridgehead atoms. The van der Waals surface area contributed by atoms with E-state index in [1.54, 1.807) is 0 Å². The van der Waals surface area contributed by atoms with E-state index in [1.807, 2.05) is 0 Å². The molecule has 0 amide bonds. The van der Waals surface area contributed by atoms with E-state index < -0.39 is 17.7 Å². The normalized spacial score (nSPS) is 10.0. The number of anilines is 2. The Bertz CT molecular complexity index is 834. The molecule has 0 fully saturated rings. The summed E-state index contributed by atoms with van der Waals surface area (Å²) in [5.74, 6) is -3.23. The maximum Gasteiger partial charge on any atom is 0.337 e. The molecular weight excluding hydrogens is 523 g/mol. The first kappa shape index (κ1) is 22.2. The summed E-state index contributed by atoms with van der Waals surface area (Å²) in [4.78, 5) is 21.2. The highest BCUT2D eigenvalue weighted by atomic mass is 79.9. The number of rotatable bonds is 2. The quantitative estimate of drug-likeness (QED) is 0.247. The number of benzene rings is 2. The number of nitrogen functional groups attached to an aromatic ring is 2. The number of hydrogen-bond donors (Lipinski definition) is 6. The number of nitrogens with two attached hydrogens (primary N) is 2. The number of carbonyl (C=O) groups is 2. The molecule has 0 aliphatic carbocycles. The van der Waals surface area contributed by atoms with Gasteiger partial charge < -0.3 is 31.9 Å². The summed E-state index contributed by atoms with van der Waals surface area (Å²) in [5, 5.41) is 35.7. The summed E-state index contributed by atoms with van der Waals surface area (Å²) in [5.41, 5.74) is 9.81. The van der Waals surface area contributed by atoms with Crippen LogP contribution in [0.3, 0.4) is 0 Å². The van der Waals surface area contributed by atoms with Gasteiger partial charge in [-0.2, -0.15) is 0 Å². The van der Waals surface area contributed by atoms with Crippen LogP contribution in [0.1, 0.15) is 20.7 Å². The zero-order valence-corrected chi connectivity index (χ0v) is 17.1. The van der Waals surface area contributed by atoms with Crippen molar-refractivity contribution in [1.82, 2.24) is 0 Å². The van der Waals surface area contributed by atoms with Crippen molar-refractivity contribution in [2.45, 2.75) is 0 Å². The van der Waals surface area contributed by atoms with Crippen molar-refractivity contribution < 1.29 is 30.0 Å². The fourth-order valence-electron chi connectivity index (χ4n) is 1.61. The predicted octanol–water partition coefficient (Wildman–Crippen LogP) is 4.18. The first-order valence-electron chi connectivity index (χ1n) is 6.29. The molecule has 0 radical (unpaired) electrons. The van der Waals surface area contributed by atoms with Crippen molar-refractivity contribution in [3.05, 3.63) is 42.3 Å². The molecule has 2 aromatic rings. The molecule has 0 saturated heterocycles. The van der Waals surface area contributed by atoms with Gasteiger partial charge in [0.25, 0.3) is 0 Å². The first-order chi connectivity index (χ1) is 11.9. The van der Waals surface area contributed by atoms with Gasteiger partial charge in [0.2, 0.25) is 0 Å². The van der Waals surface area contributed by atoms with Crippen molar-refractivity contribution in [3.8, 4) is 11.5 Å². The molecule has 2 aromatic carbocycles. The Morgan fingerprint density at radius 2 is 1.31 bits per heavy atom. The van der Waals surface area contributed by atoms with Crippen molar-refractivity contribution in [1.29, 1.82) is 0 Å². The van der Waals surface area contributed by atoms with Crippen LogP contribution in [-0.2, 0) is 0 Å². The Kier molecular flexibility index (Phi) is 7.39. The Balaban J connectivity index is 0.000000260. The molecule has 0 aliphatic rings. The van der Waals surface area contributed by atoms with Gasteiger partial charge in [0.1, 0.15) is 5.02 Å². The van der Waals surface area contributed by atoms with E-state index in [9.17, 15) is 19.8 Å². The summed E-state index contributed by atoms with van der Waals surface area (Å²) in [6, 6.07) is 2.41. The molecule has 0 atom stereocenters. The largest absolute Gasteiger partial charge is 0.505 e. The Labute approximate surface area is 173 Å². The highest BCUT2D eigenvalue weighted by Gasteiger charge is 2.17. The van der Waals surface area contributed by atoms with E-state index in [0.717, 1.165) is 6.07 Å². The first-order valence-corrected chi connectivity index (χ1v) is 8.63. The van der Waals surface area contributed by atoms with Crippen LogP contribution in [0.5, 0.6) is 11.5 Å². The number of hydrogen-bond acceptors (Lipinski definition) is 6. The number of aromatic carboxylic acids is 2. The van der Waals surface area contributed by atoms with Crippen molar-refractivity contribution in [2.75, 3.05) is 11.5 Å². The summed E-state index contributed by atoms with van der Waals surface area (Å²) in [6.07, 6.45) is 0. The second-order valence-corrected chi connectivity index (χ2v) is 7.01. The molecule has 26 heavy (non-hydrogen) atoms. The molecule has 0 saturated carbocycles. The maximum absolute atomic E-state index is 10.6. The molecule has 0 unspecified atom stereocenters. The van der Waals surface area contributed by atoms with E-state index in [1.165, 1.54) is 6.07 Å². The van der Waals surface area contributed by atoms with Gasteiger partial charge in [0.15, 0.2) is 11.5 Å². The Hall–Kier alpha value is -1.88. The number of phenols is 2. The van der Waals surface area contributed by atoms with Gasteiger partial charge in [0, 0.05) is 4.47 Å². The Morgan fingerprint density at radius 1 is 0.885 bits per heavy atom. The molecule has 0 aromatic heterocycles. The zero-order chi connectivity index (χ0) is 20.3. The van der Waals surface area contributed by atoms with Crippen LogP contribution in [-0.4, -0.2) is 32.4 Å². The second-order valence-electron chi connectivity index (χ2n) is 4.57. The number of carboxylic acids is 2. The van der Waals surface area contributed by atoms with E-state index in [0.29, 0.717) is 8.95 Å². The Morgan fingerprint density at radius 3 is 1.77 bits per heavy atom. The van der Waals surface area contributed by atoms with Crippen LogP contribution in [0.2, 0.25) is 10.0 Å². The third-order valence-electron chi connectivity index (χ3n) is 2.93. The number of halogens is 4. The van der Waals surface area contributed by atoms with Gasteiger partial charge >= 0.3 is 11.9 Å². The topological polar surface area (TPSA) is 167 Å². The smallest absolute Gasteiger partial charge is 0.337 e. The highest BCUT2D eigenvalue weighted by molar-refractivity contribution is 9.13. The van der Waals surface area contributed by atoms with Gasteiger partial charge in [-0.1, -0.05) is 23.2 Å². The highest BCUT2D eigenvalue weighted by Crippen LogP contribution is 2.39. The zero-order valence-electron chi connectivity index (χ0n) is 12.4. The monoisotopic (exact) mass is 530 g/mol. The molecule has 140 valence electrons. The van der Waals surface area contributed by atoms with Gasteiger partial charge in [-0.25, -0.2) is 9.59 Å². The van der Waals surface area contributed by atoms with Crippen molar-refractivity contribution >= 4 is 78.4 Å². The molecule has 0 heterocycles. The lowest BCUT2D eigenvalue weighted by Crippen LogP contribution is -2.02. The van der Waals surface area contributed by atoms with E-state index in [2.05, 4.69) is 31.9 Å². The maximum atomic E-state index is 10.6. The lowest BCUT2D eigenvalue weighted by Gasteiger charge is -2.06. The third kappa shape index (κ3) is 4.64. The molecular formula is C14H10Br2Cl2N2O6. The fraction of sp³-hybridized carbons (Fsp3) is 0. The summed E-state index contributed by atoms with van der Waals surface area (Å²) in [6.45, 7) is 0. The van der Waals surface area contributed by atoms with Gasteiger partial charge in [-0.3, -0.25) is 0 Å². The average molecular weight is 533 g/mol. The second kappa shape index (κ2) is 8.67. The molecule has 8 nitrogen and oxygen atoms in total. The lowest BCUT2D eigenvalue weighted by atomic mass is 10.1. The van der Waals surface area contributed by atoms with Crippen LogP contribution in [0, 0.1) is 0 Å². The van der Waals surface area contributed by atoms with E-state index in [4.69, 9.17) is 44.9 Å². The van der Waals surface area contributed by atoms with Gasteiger partial charge in [-0.05, 0) is 44.0 Å². The SMILES string of the molecule is Nc1c(C(=O)O)cc(Br)c(Br)c1O.Nc1c(C(=O)O)cc(Cl)c(Cl)c1O. The molecule has 0 spiro atoms. The minimum absolute atomic E-state index is 0.0502. The summed E-state index contributed by atoms with van der Waals surface area (Å²) in [7, 11) is 0. The number of phenolic OH excluding ortho intramolecular Hbond substituents is 2. The van der Waals surface area contributed by atoms with Crippen LogP contribution in [0.4, 0.5) is 11.4 Å². The third-order valence-corrected chi connectivity index (χ3v) is 5.67. The number of carboxylic acid groups (broad SMARTS) is 2.